The van der Waals surface area contributed by atoms with Crippen LogP contribution in [0.15, 0.2) is 24.5 Å². The van der Waals surface area contributed by atoms with Gasteiger partial charge in [0.25, 0.3) is 5.91 Å². The maximum atomic E-state index is 12.7. The zero-order chi connectivity index (χ0) is 19.0. The predicted octanol–water partition coefficient (Wildman–Crippen LogP) is 1.51. The molecule has 1 amide bonds. The Bertz CT molecular complexity index is 824. The van der Waals surface area contributed by atoms with Crippen LogP contribution in [0.2, 0.25) is 0 Å². The summed E-state index contributed by atoms with van der Waals surface area (Å²) in [4.78, 5) is 24.2. The predicted molar refractivity (Wildman–Crippen MR) is 105 cm³/mol. The maximum absolute atomic E-state index is 12.7. The van der Waals surface area contributed by atoms with Gasteiger partial charge in [-0.15, -0.1) is 0 Å². The fraction of sp³-hybridized carbons (Fsp3) is 0.550. The molecule has 2 aromatic heterocycles. The fourth-order valence-electron chi connectivity index (χ4n) is 4.03. The van der Waals surface area contributed by atoms with Gasteiger partial charge in [-0.1, -0.05) is 0 Å². The van der Waals surface area contributed by atoms with Gasteiger partial charge in [0.05, 0.1) is 11.8 Å². The lowest BCUT2D eigenvalue weighted by Gasteiger charge is -2.34. The Kier molecular flexibility index (Phi) is 4.86. The molecule has 2 fully saturated rings. The topological polar surface area (TPSA) is 57.5 Å². The first kappa shape index (κ1) is 18.0. The van der Waals surface area contributed by atoms with Crippen molar-refractivity contribution in [3.8, 4) is 0 Å². The lowest BCUT2D eigenvalue weighted by molar-refractivity contribution is 0.0790. The van der Waals surface area contributed by atoms with E-state index in [1.54, 1.807) is 17.1 Å². The van der Waals surface area contributed by atoms with Gasteiger partial charge in [-0.25, -0.2) is 0 Å². The van der Waals surface area contributed by atoms with Crippen LogP contribution >= 0.6 is 0 Å². The second kappa shape index (κ2) is 7.31. The van der Waals surface area contributed by atoms with E-state index in [0.29, 0.717) is 11.5 Å². The monoisotopic (exact) mass is 368 g/mol. The molecule has 1 atom stereocenters. The first-order valence-corrected chi connectivity index (χ1v) is 9.69. The minimum absolute atomic E-state index is 0.0672. The molecular formula is C20H28N6O. The van der Waals surface area contributed by atoms with Crippen molar-refractivity contribution in [3.63, 3.8) is 0 Å². The third-order valence-corrected chi connectivity index (χ3v) is 5.67. The van der Waals surface area contributed by atoms with Gasteiger partial charge in [0, 0.05) is 75.5 Å². The molecule has 0 spiro atoms. The first-order chi connectivity index (χ1) is 13.0. The SMILES string of the molecule is Cc1cc(N2CCN(C)CC2)cc([C@@H]2CCN(C(=O)c3cnn(C)c3)C2)n1. The Morgan fingerprint density at radius 2 is 1.89 bits per heavy atom. The van der Waals surface area contributed by atoms with Gasteiger partial charge in [-0.05, 0) is 32.5 Å². The summed E-state index contributed by atoms with van der Waals surface area (Å²) in [6, 6.07) is 4.42. The van der Waals surface area contributed by atoms with Crippen molar-refractivity contribution in [2.75, 3.05) is 51.2 Å². The molecule has 2 aliphatic rings. The van der Waals surface area contributed by atoms with E-state index in [-0.39, 0.29) is 5.91 Å². The Balaban J connectivity index is 1.48. The molecule has 0 bridgehead atoms. The van der Waals surface area contributed by atoms with Crippen LogP contribution in [-0.2, 0) is 7.05 Å². The van der Waals surface area contributed by atoms with E-state index in [1.807, 2.05) is 11.9 Å². The van der Waals surface area contributed by atoms with E-state index < -0.39 is 0 Å². The molecule has 27 heavy (non-hydrogen) atoms. The van der Waals surface area contributed by atoms with Crippen molar-refractivity contribution >= 4 is 11.6 Å². The van der Waals surface area contributed by atoms with Crippen molar-refractivity contribution in [1.82, 2.24) is 24.6 Å². The standard InChI is InChI=1S/C20H28N6O/c1-15-10-18(25-8-6-23(2)7-9-25)11-19(22-15)16-4-5-26(14-16)20(27)17-12-21-24(3)13-17/h10-13,16H,4-9,14H2,1-3H3/t16-/m1/s1. The molecule has 0 aromatic carbocycles. The number of pyridine rings is 1. The highest BCUT2D eigenvalue weighted by Crippen LogP contribution is 2.30. The third-order valence-electron chi connectivity index (χ3n) is 5.67. The smallest absolute Gasteiger partial charge is 0.257 e. The van der Waals surface area contributed by atoms with E-state index in [2.05, 4.69) is 41.0 Å². The van der Waals surface area contributed by atoms with Gasteiger partial charge in [-0.3, -0.25) is 14.5 Å². The quantitative estimate of drug-likeness (QED) is 0.822. The number of likely N-dealkylation sites (N-methyl/N-ethyl adjacent to an activating group) is 1. The van der Waals surface area contributed by atoms with E-state index in [1.165, 1.54) is 5.69 Å². The molecule has 0 saturated carbocycles. The summed E-state index contributed by atoms with van der Waals surface area (Å²) in [7, 11) is 4.01. The van der Waals surface area contributed by atoms with Crippen LogP contribution < -0.4 is 4.90 Å². The molecule has 0 unspecified atom stereocenters. The lowest BCUT2D eigenvalue weighted by Crippen LogP contribution is -2.44. The van der Waals surface area contributed by atoms with Gasteiger partial charge in [0.15, 0.2) is 0 Å². The highest BCUT2D eigenvalue weighted by Gasteiger charge is 2.30. The summed E-state index contributed by atoms with van der Waals surface area (Å²) in [5.74, 6) is 0.370. The number of nitrogens with zero attached hydrogens (tertiary/aromatic N) is 6. The summed E-state index contributed by atoms with van der Waals surface area (Å²) in [5.41, 5.74) is 4.10. The molecular weight excluding hydrogens is 340 g/mol. The largest absolute Gasteiger partial charge is 0.369 e. The molecule has 4 rings (SSSR count). The summed E-state index contributed by atoms with van der Waals surface area (Å²) < 4.78 is 1.67. The Morgan fingerprint density at radius 1 is 1.11 bits per heavy atom. The third kappa shape index (κ3) is 3.83. The summed E-state index contributed by atoms with van der Waals surface area (Å²) in [6.07, 6.45) is 4.39. The Hall–Kier alpha value is -2.41. The van der Waals surface area contributed by atoms with Gasteiger partial charge < -0.3 is 14.7 Å². The van der Waals surface area contributed by atoms with Crippen LogP contribution in [-0.4, -0.2) is 76.8 Å². The van der Waals surface area contributed by atoms with Crippen molar-refractivity contribution in [1.29, 1.82) is 0 Å². The first-order valence-electron chi connectivity index (χ1n) is 9.69. The normalized spacial score (nSPS) is 21.1. The zero-order valence-corrected chi connectivity index (χ0v) is 16.4. The van der Waals surface area contributed by atoms with Crippen LogP contribution in [0.25, 0.3) is 0 Å². The van der Waals surface area contributed by atoms with Crippen molar-refractivity contribution < 1.29 is 4.79 Å². The molecule has 0 radical (unpaired) electrons. The highest BCUT2D eigenvalue weighted by molar-refractivity contribution is 5.94. The van der Waals surface area contributed by atoms with Gasteiger partial charge in [0.2, 0.25) is 0 Å². The number of piperazine rings is 1. The Morgan fingerprint density at radius 3 is 2.59 bits per heavy atom. The maximum Gasteiger partial charge on any atom is 0.257 e. The number of likely N-dealkylation sites (tertiary alicyclic amines) is 1. The average Bonchev–Trinajstić information content (AvgIpc) is 3.30. The molecule has 144 valence electrons. The lowest BCUT2D eigenvalue weighted by atomic mass is 10.0. The van der Waals surface area contributed by atoms with Crippen LogP contribution in [0.5, 0.6) is 0 Å². The molecule has 2 aromatic rings. The van der Waals surface area contributed by atoms with Crippen molar-refractivity contribution in [2.45, 2.75) is 19.3 Å². The summed E-state index contributed by atoms with van der Waals surface area (Å²) in [5, 5.41) is 4.11. The molecule has 2 aliphatic heterocycles. The Labute approximate surface area is 160 Å². The van der Waals surface area contributed by atoms with Gasteiger partial charge >= 0.3 is 0 Å². The van der Waals surface area contributed by atoms with Crippen LogP contribution in [0.1, 0.15) is 34.1 Å². The number of hydrogen-bond acceptors (Lipinski definition) is 5. The second-order valence-corrected chi connectivity index (χ2v) is 7.82. The van der Waals surface area contributed by atoms with E-state index in [4.69, 9.17) is 4.98 Å². The fourth-order valence-corrected chi connectivity index (χ4v) is 4.03. The molecule has 7 nitrogen and oxygen atoms in total. The number of carbonyl (C=O) groups is 1. The second-order valence-electron chi connectivity index (χ2n) is 7.82. The molecule has 0 aliphatic carbocycles. The van der Waals surface area contributed by atoms with Gasteiger partial charge in [0.1, 0.15) is 0 Å². The zero-order valence-electron chi connectivity index (χ0n) is 16.4. The molecule has 7 heteroatoms. The molecule has 4 heterocycles. The van der Waals surface area contributed by atoms with E-state index in [9.17, 15) is 4.79 Å². The minimum atomic E-state index is 0.0672. The number of anilines is 1. The van der Waals surface area contributed by atoms with E-state index in [0.717, 1.165) is 57.1 Å². The van der Waals surface area contributed by atoms with Crippen molar-refractivity contribution in [3.05, 3.63) is 41.5 Å². The molecule has 2 saturated heterocycles. The van der Waals surface area contributed by atoms with E-state index >= 15 is 0 Å². The highest BCUT2D eigenvalue weighted by atomic mass is 16.2. The van der Waals surface area contributed by atoms with Crippen LogP contribution in [0, 0.1) is 6.92 Å². The summed E-state index contributed by atoms with van der Waals surface area (Å²) in [6.45, 7) is 7.85. The van der Waals surface area contributed by atoms with Crippen LogP contribution in [0.3, 0.4) is 0 Å². The number of aromatic nitrogens is 3. The number of aryl methyl sites for hydroxylation is 2. The number of amides is 1. The number of rotatable bonds is 3. The van der Waals surface area contributed by atoms with Crippen LogP contribution in [0.4, 0.5) is 5.69 Å². The summed E-state index contributed by atoms with van der Waals surface area (Å²) >= 11 is 0. The minimum Gasteiger partial charge on any atom is -0.369 e. The molecule has 0 N–H and O–H groups in total. The number of carbonyl (C=O) groups excluding carboxylic acids is 1. The number of hydrogen-bond donors (Lipinski definition) is 0. The average molecular weight is 368 g/mol. The van der Waals surface area contributed by atoms with Gasteiger partial charge in [-0.2, -0.15) is 5.10 Å². The van der Waals surface area contributed by atoms with Crippen molar-refractivity contribution in [2.24, 2.45) is 7.05 Å².